The van der Waals surface area contributed by atoms with Crippen molar-refractivity contribution in [2.45, 2.75) is 6.92 Å². The lowest BCUT2D eigenvalue weighted by molar-refractivity contribution is 1.03. The van der Waals surface area contributed by atoms with Crippen molar-refractivity contribution in [1.82, 2.24) is 5.43 Å². The van der Waals surface area contributed by atoms with Gasteiger partial charge in [-0.3, -0.25) is 5.43 Å². The predicted molar refractivity (Wildman–Crippen MR) is 80.8 cm³/mol. The van der Waals surface area contributed by atoms with Crippen molar-refractivity contribution in [2.24, 2.45) is 10.1 Å². The van der Waals surface area contributed by atoms with Gasteiger partial charge in [0, 0.05) is 22.5 Å². The molecule has 0 aromatic heterocycles. The molecule has 0 bridgehead atoms. The van der Waals surface area contributed by atoms with Crippen molar-refractivity contribution in [1.29, 1.82) is 0 Å². The normalized spacial score (nSPS) is 17.9. The molecule has 1 aliphatic rings. The quantitative estimate of drug-likeness (QED) is 0.898. The monoisotopic (exact) mass is 299 g/mol. The average Bonchev–Trinajstić information content (AvgIpc) is 2.37. The highest BCUT2D eigenvalue weighted by Crippen LogP contribution is 2.24. The third-order valence-electron chi connectivity index (χ3n) is 2.22. The third-order valence-corrected chi connectivity index (χ3v) is 3.65. The SMILES string of the molecule is C/C=C\N=C1NN=C(c2ccc(Cl)cc2Cl)CS1. The zero-order valence-electron chi connectivity index (χ0n) is 9.65. The molecule has 0 fully saturated rings. The number of halogens is 2. The first kappa shape index (κ1) is 13.5. The third kappa shape index (κ3) is 3.28. The Hall–Kier alpha value is -0.970. The molecule has 1 aromatic carbocycles. The Balaban J connectivity index is 2.19. The Morgan fingerprint density at radius 3 is 2.89 bits per heavy atom. The summed E-state index contributed by atoms with van der Waals surface area (Å²) in [5, 5.41) is 6.29. The van der Waals surface area contributed by atoms with Crippen molar-refractivity contribution in [2.75, 3.05) is 5.75 Å². The van der Waals surface area contributed by atoms with Crippen LogP contribution in [0, 0.1) is 0 Å². The first-order chi connectivity index (χ1) is 8.70. The van der Waals surface area contributed by atoms with E-state index in [-0.39, 0.29) is 0 Å². The second kappa shape index (κ2) is 6.27. The van der Waals surface area contributed by atoms with Crippen LogP contribution in [0.4, 0.5) is 0 Å². The molecule has 0 radical (unpaired) electrons. The number of thioether (sulfide) groups is 1. The van der Waals surface area contributed by atoms with Crippen molar-refractivity contribution in [3.05, 3.63) is 46.1 Å². The first-order valence-electron chi connectivity index (χ1n) is 5.30. The number of rotatable bonds is 2. The first-order valence-corrected chi connectivity index (χ1v) is 7.04. The molecule has 0 saturated heterocycles. The van der Waals surface area contributed by atoms with Crippen LogP contribution in [0.15, 0.2) is 40.6 Å². The van der Waals surface area contributed by atoms with Crippen LogP contribution in [0.5, 0.6) is 0 Å². The zero-order valence-corrected chi connectivity index (χ0v) is 12.0. The minimum atomic E-state index is 0.609. The van der Waals surface area contributed by atoms with E-state index in [9.17, 15) is 0 Å². The fourth-order valence-corrected chi connectivity index (χ4v) is 2.64. The fourth-order valence-electron chi connectivity index (χ4n) is 1.39. The van der Waals surface area contributed by atoms with Crippen molar-refractivity contribution in [3.63, 3.8) is 0 Å². The minimum absolute atomic E-state index is 0.609. The number of amidine groups is 1. The van der Waals surface area contributed by atoms with E-state index in [0.717, 1.165) is 22.2 Å². The largest absolute Gasteiger partial charge is 0.256 e. The van der Waals surface area contributed by atoms with Crippen LogP contribution < -0.4 is 5.43 Å². The molecular formula is C12H11Cl2N3S. The molecule has 1 heterocycles. The number of hydrogen-bond acceptors (Lipinski definition) is 3. The van der Waals surface area contributed by atoms with E-state index < -0.39 is 0 Å². The van der Waals surface area contributed by atoms with Crippen molar-refractivity contribution < 1.29 is 0 Å². The summed E-state index contributed by atoms with van der Waals surface area (Å²) in [6, 6.07) is 5.40. The molecule has 94 valence electrons. The van der Waals surface area contributed by atoms with Gasteiger partial charge in [-0.25, -0.2) is 4.99 Å². The Morgan fingerprint density at radius 2 is 2.28 bits per heavy atom. The van der Waals surface area contributed by atoms with Gasteiger partial charge in [-0.15, -0.1) is 0 Å². The minimum Gasteiger partial charge on any atom is -0.256 e. The van der Waals surface area contributed by atoms with Gasteiger partial charge in [0.2, 0.25) is 0 Å². The van der Waals surface area contributed by atoms with E-state index in [4.69, 9.17) is 23.2 Å². The van der Waals surface area contributed by atoms with Crippen LogP contribution in [0.1, 0.15) is 12.5 Å². The summed E-state index contributed by atoms with van der Waals surface area (Å²) in [6.07, 6.45) is 3.59. The Kier molecular flexibility index (Phi) is 4.69. The maximum absolute atomic E-state index is 6.14. The van der Waals surface area contributed by atoms with Gasteiger partial charge in [-0.05, 0) is 19.1 Å². The molecule has 0 saturated carbocycles. The van der Waals surface area contributed by atoms with Crippen molar-refractivity contribution in [3.8, 4) is 0 Å². The summed E-state index contributed by atoms with van der Waals surface area (Å²) in [6.45, 7) is 1.92. The van der Waals surface area contributed by atoms with Crippen LogP contribution in [-0.2, 0) is 0 Å². The summed E-state index contributed by atoms with van der Waals surface area (Å²) in [4.78, 5) is 4.19. The molecule has 1 N–H and O–H groups in total. The molecule has 18 heavy (non-hydrogen) atoms. The molecule has 0 aliphatic carbocycles. The number of hydrazone groups is 1. The van der Waals surface area contributed by atoms with Crippen LogP contribution >= 0.6 is 35.0 Å². The van der Waals surface area contributed by atoms with E-state index in [1.807, 2.05) is 19.1 Å². The molecule has 1 aliphatic heterocycles. The maximum Gasteiger partial charge on any atom is 0.182 e. The highest BCUT2D eigenvalue weighted by Gasteiger charge is 2.15. The molecule has 3 nitrogen and oxygen atoms in total. The maximum atomic E-state index is 6.14. The van der Waals surface area contributed by atoms with E-state index in [1.54, 1.807) is 30.1 Å². The zero-order chi connectivity index (χ0) is 13.0. The molecule has 0 spiro atoms. The predicted octanol–water partition coefficient (Wildman–Crippen LogP) is 3.92. The topological polar surface area (TPSA) is 36.8 Å². The van der Waals surface area contributed by atoms with Crippen LogP contribution in [0.2, 0.25) is 10.0 Å². The van der Waals surface area contributed by atoms with E-state index >= 15 is 0 Å². The molecule has 2 rings (SSSR count). The molecule has 0 atom stereocenters. The summed E-state index contributed by atoms with van der Waals surface area (Å²) in [7, 11) is 0. The van der Waals surface area contributed by atoms with Crippen LogP contribution in [0.3, 0.4) is 0 Å². The van der Waals surface area contributed by atoms with Gasteiger partial charge in [-0.2, -0.15) is 5.10 Å². The van der Waals surface area contributed by atoms with Gasteiger partial charge in [0.15, 0.2) is 5.17 Å². The molecule has 6 heteroatoms. The number of allylic oxidation sites excluding steroid dienone is 1. The second-order valence-corrected chi connectivity index (χ2v) is 5.31. The van der Waals surface area contributed by atoms with E-state index in [1.165, 1.54) is 0 Å². The lowest BCUT2D eigenvalue weighted by atomic mass is 10.1. The number of nitrogens with one attached hydrogen (secondary N) is 1. The molecule has 0 unspecified atom stereocenters. The second-order valence-electron chi connectivity index (χ2n) is 3.50. The van der Waals surface area contributed by atoms with Crippen molar-refractivity contribution >= 4 is 45.8 Å². The standard InChI is InChI=1S/C12H11Cl2N3S/c1-2-5-15-12-17-16-11(7-18-12)9-4-3-8(13)6-10(9)14/h2-6H,7H2,1H3,(H,15,17)/b5-2-. The Bertz CT molecular complexity index is 538. The van der Waals surface area contributed by atoms with Crippen LogP contribution in [-0.4, -0.2) is 16.6 Å². The van der Waals surface area contributed by atoms with Crippen LogP contribution in [0.25, 0.3) is 0 Å². The summed E-state index contributed by atoms with van der Waals surface area (Å²) >= 11 is 13.6. The van der Waals surface area contributed by atoms with Gasteiger partial charge in [-0.1, -0.05) is 47.1 Å². The molecule has 1 aromatic rings. The average molecular weight is 300 g/mol. The number of benzene rings is 1. The lowest BCUT2D eigenvalue weighted by Gasteiger charge is -2.15. The highest BCUT2D eigenvalue weighted by atomic mass is 35.5. The number of aliphatic imine (C=N–C) groups is 1. The number of nitrogens with zero attached hydrogens (tertiary/aromatic N) is 2. The van der Waals surface area contributed by atoms with Gasteiger partial charge in [0.1, 0.15) is 0 Å². The van der Waals surface area contributed by atoms with Gasteiger partial charge in [0.25, 0.3) is 0 Å². The van der Waals surface area contributed by atoms with E-state index in [2.05, 4.69) is 15.5 Å². The highest BCUT2D eigenvalue weighted by molar-refractivity contribution is 8.14. The Morgan fingerprint density at radius 1 is 1.44 bits per heavy atom. The van der Waals surface area contributed by atoms with E-state index in [0.29, 0.717) is 10.0 Å². The molecular weight excluding hydrogens is 289 g/mol. The summed E-state index contributed by atoms with van der Waals surface area (Å²) in [5.74, 6) is 0.727. The summed E-state index contributed by atoms with van der Waals surface area (Å²) < 4.78 is 0. The number of hydrogen-bond donors (Lipinski definition) is 1. The smallest absolute Gasteiger partial charge is 0.182 e. The summed E-state index contributed by atoms with van der Waals surface area (Å²) in [5.41, 5.74) is 4.69. The fraction of sp³-hybridized carbons (Fsp3) is 0.167. The molecule has 0 amide bonds. The van der Waals surface area contributed by atoms with Gasteiger partial charge >= 0.3 is 0 Å². The van der Waals surface area contributed by atoms with Gasteiger partial charge < -0.3 is 0 Å². The Labute approximate surface area is 120 Å². The van der Waals surface area contributed by atoms with Gasteiger partial charge in [0.05, 0.1) is 10.7 Å². The lowest BCUT2D eigenvalue weighted by Crippen LogP contribution is -2.25.